The Morgan fingerprint density at radius 2 is 0.970 bits per heavy atom. The van der Waals surface area contributed by atoms with E-state index in [2.05, 4.69) is 63.7 Å². The summed E-state index contributed by atoms with van der Waals surface area (Å²) in [5.74, 6) is 0. The fourth-order valence-electron chi connectivity index (χ4n) is 4.20. The maximum Gasteiger partial charge on any atom is 0.210 e. The van der Waals surface area contributed by atoms with Crippen molar-refractivity contribution in [3.8, 4) is 0 Å². The summed E-state index contributed by atoms with van der Waals surface area (Å²) < 4.78 is 35.6. The Morgan fingerprint density at radius 3 is 1.39 bits per heavy atom. The van der Waals surface area contributed by atoms with Crippen LogP contribution in [0.1, 0.15) is 0 Å². The molecule has 0 unspecified atom stereocenters. The summed E-state index contributed by atoms with van der Waals surface area (Å²) >= 11 is 17.6. The Morgan fingerprint density at radius 1 is 0.576 bits per heavy atom. The SMILES string of the molecule is O=S(=O)(c1c(Br)c(Br)cc2sc3ccccc3c12)c1c(Br)c(Br)cc2sc3ccccc3c12. The molecule has 164 valence electrons. The van der Waals surface area contributed by atoms with Crippen LogP contribution in [-0.4, -0.2) is 8.42 Å². The molecule has 4 aromatic carbocycles. The van der Waals surface area contributed by atoms with Crippen molar-refractivity contribution >= 4 is 137 Å². The number of fused-ring (bicyclic) bond motifs is 6. The molecule has 0 aliphatic carbocycles. The van der Waals surface area contributed by atoms with Crippen molar-refractivity contribution in [3.63, 3.8) is 0 Å². The van der Waals surface area contributed by atoms with Crippen molar-refractivity contribution in [2.24, 2.45) is 0 Å². The van der Waals surface area contributed by atoms with Crippen LogP contribution in [0, 0.1) is 0 Å². The van der Waals surface area contributed by atoms with Gasteiger partial charge < -0.3 is 0 Å². The highest BCUT2D eigenvalue weighted by Gasteiger charge is 2.32. The highest BCUT2D eigenvalue weighted by Crippen LogP contribution is 2.50. The molecule has 6 rings (SSSR count). The first-order valence-electron chi connectivity index (χ1n) is 9.62. The van der Waals surface area contributed by atoms with Gasteiger partial charge in [0.15, 0.2) is 0 Å². The molecule has 6 aromatic rings. The van der Waals surface area contributed by atoms with Gasteiger partial charge in [0.2, 0.25) is 9.84 Å². The lowest BCUT2D eigenvalue weighted by Gasteiger charge is -2.14. The van der Waals surface area contributed by atoms with Crippen LogP contribution in [0.2, 0.25) is 0 Å². The number of hydrogen-bond donors (Lipinski definition) is 0. The zero-order valence-corrected chi connectivity index (χ0v) is 25.1. The van der Waals surface area contributed by atoms with Gasteiger partial charge in [-0.05, 0) is 88.0 Å². The van der Waals surface area contributed by atoms with Crippen LogP contribution in [0.5, 0.6) is 0 Å². The van der Waals surface area contributed by atoms with Crippen molar-refractivity contribution in [1.29, 1.82) is 0 Å². The van der Waals surface area contributed by atoms with Crippen LogP contribution in [0.3, 0.4) is 0 Å². The second-order valence-electron chi connectivity index (χ2n) is 7.45. The molecule has 2 aromatic heterocycles. The van der Waals surface area contributed by atoms with E-state index in [0.717, 1.165) is 40.3 Å². The summed E-state index contributed by atoms with van der Waals surface area (Å²) in [7, 11) is -3.96. The molecule has 2 heterocycles. The molecule has 2 nitrogen and oxygen atoms in total. The molecule has 0 fully saturated rings. The van der Waals surface area contributed by atoms with E-state index in [1.807, 2.05) is 60.7 Å². The average molecular weight is 746 g/mol. The molecule has 0 bridgehead atoms. The van der Waals surface area contributed by atoms with Crippen LogP contribution in [0.15, 0.2) is 88.3 Å². The van der Waals surface area contributed by atoms with Gasteiger partial charge in [-0.1, -0.05) is 36.4 Å². The zero-order valence-electron chi connectivity index (χ0n) is 16.3. The highest BCUT2D eigenvalue weighted by molar-refractivity contribution is 9.13. The topological polar surface area (TPSA) is 34.1 Å². The summed E-state index contributed by atoms with van der Waals surface area (Å²) in [6, 6.07) is 19.8. The normalized spacial score (nSPS) is 12.5. The van der Waals surface area contributed by atoms with E-state index in [-0.39, 0.29) is 9.79 Å². The Hall–Kier alpha value is -0.810. The molecule has 0 aliphatic heterocycles. The third kappa shape index (κ3) is 3.34. The van der Waals surface area contributed by atoms with E-state index in [0.29, 0.717) is 17.9 Å². The van der Waals surface area contributed by atoms with Gasteiger partial charge in [0.05, 0.1) is 18.7 Å². The highest BCUT2D eigenvalue weighted by atomic mass is 79.9. The molecular weight excluding hydrogens is 736 g/mol. The van der Waals surface area contributed by atoms with E-state index >= 15 is 0 Å². The second kappa shape index (κ2) is 8.11. The van der Waals surface area contributed by atoms with Crippen LogP contribution in [0.25, 0.3) is 40.3 Å². The van der Waals surface area contributed by atoms with Crippen molar-refractivity contribution in [3.05, 3.63) is 78.6 Å². The van der Waals surface area contributed by atoms with E-state index in [1.54, 1.807) is 22.7 Å². The molecule has 0 saturated carbocycles. The maximum absolute atomic E-state index is 14.6. The molecule has 9 heteroatoms. The van der Waals surface area contributed by atoms with Crippen molar-refractivity contribution in [2.75, 3.05) is 0 Å². The Labute approximate surface area is 231 Å². The first-order chi connectivity index (χ1) is 15.8. The van der Waals surface area contributed by atoms with Gasteiger partial charge in [0.25, 0.3) is 0 Å². The molecule has 0 aliphatic rings. The van der Waals surface area contributed by atoms with Crippen LogP contribution >= 0.6 is 86.4 Å². The summed E-state index contributed by atoms with van der Waals surface area (Å²) in [4.78, 5) is 0.555. The van der Waals surface area contributed by atoms with E-state index in [4.69, 9.17) is 0 Å². The second-order valence-corrected chi connectivity index (χ2v) is 14.7. The zero-order chi connectivity index (χ0) is 23.1. The first kappa shape index (κ1) is 22.6. The van der Waals surface area contributed by atoms with Crippen LogP contribution < -0.4 is 0 Å². The lowest BCUT2D eigenvalue weighted by atomic mass is 10.1. The minimum Gasteiger partial charge on any atom is -0.218 e. The van der Waals surface area contributed by atoms with E-state index in [1.165, 1.54) is 0 Å². The summed E-state index contributed by atoms with van der Waals surface area (Å²) in [5.41, 5.74) is 0. The molecule has 33 heavy (non-hydrogen) atoms. The predicted octanol–water partition coefficient (Wildman–Crippen LogP) is 10.3. The van der Waals surface area contributed by atoms with Gasteiger partial charge in [-0.3, -0.25) is 0 Å². The molecule has 0 amide bonds. The van der Waals surface area contributed by atoms with Gasteiger partial charge >= 0.3 is 0 Å². The van der Waals surface area contributed by atoms with Crippen LogP contribution in [-0.2, 0) is 9.84 Å². The molecular formula is C24H10Br4O2S3. The lowest BCUT2D eigenvalue weighted by Crippen LogP contribution is -2.06. The van der Waals surface area contributed by atoms with Crippen molar-refractivity contribution in [2.45, 2.75) is 9.79 Å². The number of hydrogen-bond acceptors (Lipinski definition) is 4. The third-order valence-electron chi connectivity index (χ3n) is 5.57. The van der Waals surface area contributed by atoms with Gasteiger partial charge in [-0.15, -0.1) is 22.7 Å². The third-order valence-corrected chi connectivity index (χ3v) is 14.2. The monoisotopic (exact) mass is 742 g/mol. The average Bonchev–Trinajstić information content (AvgIpc) is 3.32. The number of thiophene rings is 2. The van der Waals surface area contributed by atoms with Crippen molar-refractivity contribution < 1.29 is 8.42 Å². The minimum atomic E-state index is -3.96. The van der Waals surface area contributed by atoms with Gasteiger partial charge in [-0.2, -0.15) is 0 Å². The smallest absolute Gasteiger partial charge is 0.210 e. The fraction of sp³-hybridized carbons (Fsp3) is 0. The van der Waals surface area contributed by atoms with E-state index in [9.17, 15) is 8.42 Å². The number of sulfone groups is 1. The molecule has 0 radical (unpaired) electrons. The number of benzene rings is 4. The lowest BCUT2D eigenvalue weighted by molar-refractivity contribution is 0.597. The fourth-order valence-corrected chi connectivity index (χ4v) is 11.8. The number of halogens is 4. The standard InChI is InChI=1S/C24H10Br4O2S3/c25-13-9-17-19(11-5-1-3-7-15(11)31-17)23(21(13)27)33(29,30)24-20-12-6-2-4-8-16(12)32-18(20)10-14(26)22(24)28/h1-10H. The maximum atomic E-state index is 14.6. The number of rotatable bonds is 2. The van der Waals surface area contributed by atoms with E-state index < -0.39 is 9.84 Å². The van der Waals surface area contributed by atoms with Crippen LogP contribution in [0.4, 0.5) is 0 Å². The summed E-state index contributed by atoms with van der Waals surface area (Å²) in [6.07, 6.45) is 0. The molecule has 0 spiro atoms. The van der Waals surface area contributed by atoms with Crippen molar-refractivity contribution in [1.82, 2.24) is 0 Å². The summed E-state index contributed by atoms with van der Waals surface area (Å²) in [5, 5.41) is 3.35. The quantitative estimate of drug-likeness (QED) is 0.177. The molecule has 0 N–H and O–H groups in total. The first-order valence-corrected chi connectivity index (χ1v) is 15.9. The van der Waals surface area contributed by atoms with Gasteiger partial charge in [0, 0.05) is 49.3 Å². The molecule has 0 atom stereocenters. The Balaban J connectivity index is 1.84. The van der Waals surface area contributed by atoms with Gasteiger partial charge in [0.1, 0.15) is 0 Å². The minimum absolute atomic E-state index is 0.278. The Kier molecular flexibility index (Phi) is 5.57. The molecule has 0 saturated heterocycles. The Bertz CT molecular complexity index is 1750. The summed E-state index contributed by atoms with van der Waals surface area (Å²) in [6.45, 7) is 0. The largest absolute Gasteiger partial charge is 0.218 e. The van der Waals surface area contributed by atoms with Gasteiger partial charge in [-0.25, -0.2) is 8.42 Å². The predicted molar refractivity (Wildman–Crippen MR) is 155 cm³/mol.